The number of hydrogen-bond acceptors (Lipinski definition) is 4. The van der Waals surface area contributed by atoms with E-state index in [0.717, 1.165) is 62.5 Å². The quantitative estimate of drug-likeness (QED) is 0.142. The summed E-state index contributed by atoms with van der Waals surface area (Å²) in [7, 11) is 0. The summed E-state index contributed by atoms with van der Waals surface area (Å²) in [6.07, 6.45) is 0. The van der Waals surface area contributed by atoms with Crippen molar-refractivity contribution in [1.29, 1.82) is 0 Å². The Balaban J connectivity index is 1.14. The Labute approximate surface area is 383 Å². The first-order valence-corrected chi connectivity index (χ1v) is 22.6. The van der Waals surface area contributed by atoms with E-state index in [4.69, 9.17) is 4.65 Å². The van der Waals surface area contributed by atoms with Gasteiger partial charge in [0.25, 0.3) is 0 Å². The number of rotatable bonds is 8. The molecule has 9 aromatic rings. The highest BCUT2D eigenvalue weighted by atomic mass is 16.4. The zero-order valence-corrected chi connectivity index (χ0v) is 37.5. The van der Waals surface area contributed by atoms with Gasteiger partial charge in [-0.1, -0.05) is 140 Å². The summed E-state index contributed by atoms with van der Waals surface area (Å²) in [4.78, 5) is 7.22. The molecule has 9 aromatic carbocycles. The highest BCUT2D eigenvalue weighted by Gasteiger charge is 2.40. The minimum Gasteiger partial charge on any atom is -0.551 e. The van der Waals surface area contributed by atoms with E-state index >= 15 is 0 Å². The molecule has 0 bridgehead atoms. The van der Waals surface area contributed by atoms with E-state index in [2.05, 4.69) is 262 Å². The Kier molecular flexibility index (Phi) is 9.92. The summed E-state index contributed by atoms with van der Waals surface area (Å²) in [5.41, 5.74) is 20.6. The average molecular weight is 840 g/mol. The number of fused-ring (bicyclic) bond motifs is 5. The second kappa shape index (κ2) is 16.1. The fraction of sp³-hybridized carbons (Fsp3) is 0.100. The maximum absolute atomic E-state index is 6.97. The third kappa shape index (κ3) is 6.96. The Morgan fingerprint density at radius 3 is 1.35 bits per heavy atom. The largest absolute Gasteiger partial charge is 0.551 e. The van der Waals surface area contributed by atoms with E-state index in [9.17, 15) is 0 Å². The maximum atomic E-state index is 6.97. The predicted molar refractivity (Wildman–Crippen MR) is 274 cm³/mol. The van der Waals surface area contributed by atoms with Crippen LogP contribution in [0, 0.1) is 20.8 Å². The van der Waals surface area contributed by atoms with Crippen molar-refractivity contribution in [3.05, 3.63) is 240 Å². The first kappa shape index (κ1) is 40.0. The van der Waals surface area contributed by atoms with E-state index in [-0.39, 0.29) is 6.92 Å². The fourth-order valence-electron chi connectivity index (χ4n) is 10.4. The van der Waals surface area contributed by atoms with Gasteiger partial charge in [0.05, 0.1) is 11.4 Å². The van der Waals surface area contributed by atoms with Crippen LogP contribution in [0.3, 0.4) is 0 Å². The zero-order chi connectivity index (χ0) is 44.2. The molecule has 0 amide bonds. The fourth-order valence-corrected chi connectivity index (χ4v) is 10.4. The third-order valence-electron chi connectivity index (χ3n) is 13.4. The van der Waals surface area contributed by atoms with Gasteiger partial charge in [-0.05, 0) is 152 Å². The molecule has 0 unspecified atom stereocenters. The molecule has 0 saturated carbocycles. The minimum atomic E-state index is -0.397. The predicted octanol–water partition coefficient (Wildman–Crippen LogP) is 14.8. The van der Waals surface area contributed by atoms with Crippen molar-refractivity contribution >= 4 is 69.0 Å². The molecule has 4 nitrogen and oxygen atoms in total. The normalized spacial score (nSPS) is 13.2. The molecule has 314 valence electrons. The summed E-state index contributed by atoms with van der Waals surface area (Å²) in [6.45, 7) is 11.1. The van der Waals surface area contributed by atoms with Crippen LogP contribution in [-0.2, 0) is 5.41 Å². The van der Waals surface area contributed by atoms with Crippen LogP contribution in [0.4, 0.5) is 51.2 Å². The summed E-state index contributed by atoms with van der Waals surface area (Å²) in [6, 6.07) is 76.9. The van der Waals surface area contributed by atoms with Gasteiger partial charge in [-0.25, -0.2) is 0 Å². The second-order valence-electron chi connectivity index (χ2n) is 18.0. The average Bonchev–Trinajstić information content (AvgIpc) is 3.33. The molecule has 0 atom stereocenters. The van der Waals surface area contributed by atoms with Gasteiger partial charge in [-0.3, -0.25) is 0 Å². The maximum Gasteiger partial charge on any atom is 0.427 e. The Morgan fingerprint density at radius 2 is 0.877 bits per heavy atom. The highest BCUT2D eigenvalue weighted by Crippen LogP contribution is 2.55. The van der Waals surface area contributed by atoms with Crippen LogP contribution in [0.1, 0.15) is 41.7 Å². The molecule has 11 rings (SSSR count). The molecule has 5 heteroatoms. The van der Waals surface area contributed by atoms with Gasteiger partial charge in [-0.2, -0.15) is 0 Å². The van der Waals surface area contributed by atoms with Crippen molar-refractivity contribution in [2.45, 2.75) is 40.0 Å². The number of nitrogens with zero attached hydrogens (tertiary/aromatic N) is 3. The number of anilines is 9. The second-order valence-corrected chi connectivity index (χ2v) is 18.0. The van der Waals surface area contributed by atoms with Gasteiger partial charge in [0.2, 0.25) is 0 Å². The smallest absolute Gasteiger partial charge is 0.427 e. The van der Waals surface area contributed by atoms with Gasteiger partial charge in [0.15, 0.2) is 0 Å². The molecule has 2 aliphatic heterocycles. The van der Waals surface area contributed by atoms with Crippen molar-refractivity contribution in [1.82, 2.24) is 0 Å². The third-order valence-corrected chi connectivity index (χ3v) is 13.4. The molecule has 0 saturated heterocycles. The standard InChI is InChI=1S/C60H50BN3O/c1-41-36-42(2)59(43(3)37-41)61-55-33-30-48(38-52(55)51-28-18-19-29-58(51)65-61)64-56-34-31-49(62(44-20-10-6-11-21-44)45-22-12-7-13-23-45)39-53(56)60(4,5)54-40-50(32-35-57(54)64)63(46-24-14-8-15-25-46)47-26-16-9-17-27-47/h6-40H,1-5H3. The molecular formula is C60H50BN3O. The summed E-state index contributed by atoms with van der Waals surface area (Å²) in [5, 5.41) is 0. The van der Waals surface area contributed by atoms with Crippen molar-refractivity contribution in [2.75, 3.05) is 14.7 Å². The summed E-state index contributed by atoms with van der Waals surface area (Å²) in [5.74, 6) is 0.903. The van der Waals surface area contributed by atoms with Crippen LogP contribution in [0.15, 0.2) is 212 Å². The molecule has 0 spiro atoms. The lowest BCUT2D eigenvalue weighted by Gasteiger charge is -2.43. The molecule has 0 N–H and O–H groups in total. The van der Waals surface area contributed by atoms with Gasteiger partial charge < -0.3 is 19.4 Å². The van der Waals surface area contributed by atoms with Crippen LogP contribution in [0.25, 0.3) is 11.1 Å². The molecule has 2 aliphatic rings. The van der Waals surface area contributed by atoms with E-state index in [0.29, 0.717) is 0 Å². The summed E-state index contributed by atoms with van der Waals surface area (Å²) < 4.78 is 6.97. The minimum absolute atomic E-state index is 0.233. The first-order valence-electron chi connectivity index (χ1n) is 22.6. The van der Waals surface area contributed by atoms with Crippen molar-refractivity contribution in [2.24, 2.45) is 0 Å². The Morgan fingerprint density at radius 1 is 0.431 bits per heavy atom. The molecule has 0 fully saturated rings. The number of hydrogen-bond donors (Lipinski definition) is 0. The summed E-state index contributed by atoms with van der Waals surface area (Å²) >= 11 is 0. The van der Waals surface area contributed by atoms with Crippen LogP contribution in [0.5, 0.6) is 5.75 Å². The van der Waals surface area contributed by atoms with Crippen molar-refractivity contribution < 1.29 is 4.65 Å². The lowest BCUT2D eigenvalue weighted by Crippen LogP contribution is -2.52. The lowest BCUT2D eigenvalue weighted by molar-refractivity contribution is 0.590. The topological polar surface area (TPSA) is 19.0 Å². The molecule has 65 heavy (non-hydrogen) atoms. The van der Waals surface area contributed by atoms with E-state index in [1.165, 1.54) is 44.3 Å². The van der Waals surface area contributed by atoms with Gasteiger partial charge >= 0.3 is 6.92 Å². The van der Waals surface area contributed by atoms with Crippen LogP contribution in [0.2, 0.25) is 0 Å². The SMILES string of the molecule is Cc1cc(C)c(B2Oc3ccccc3-c3cc(N4c5ccc(N(c6ccccc6)c6ccccc6)cc5C(C)(C)c5cc(N(c6ccccc6)c6ccccc6)ccc54)ccc32)c(C)c1. The van der Waals surface area contributed by atoms with Crippen LogP contribution in [-0.4, -0.2) is 6.92 Å². The van der Waals surface area contributed by atoms with E-state index < -0.39 is 5.41 Å². The van der Waals surface area contributed by atoms with Gasteiger partial charge in [0, 0.05) is 50.8 Å². The Bertz CT molecular complexity index is 2970. The molecule has 0 radical (unpaired) electrons. The number of benzene rings is 9. The van der Waals surface area contributed by atoms with Crippen LogP contribution >= 0.6 is 0 Å². The number of aryl methyl sites for hydroxylation is 3. The molecule has 0 aliphatic carbocycles. The van der Waals surface area contributed by atoms with Gasteiger partial charge in [-0.15, -0.1) is 0 Å². The van der Waals surface area contributed by atoms with Crippen molar-refractivity contribution in [3.63, 3.8) is 0 Å². The zero-order valence-electron chi connectivity index (χ0n) is 37.5. The Hall–Kier alpha value is -7.76. The monoisotopic (exact) mass is 839 g/mol. The van der Waals surface area contributed by atoms with Gasteiger partial charge in [0.1, 0.15) is 5.75 Å². The number of para-hydroxylation sites is 5. The molecule has 2 heterocycles. The first-order chi connectivity index (χ1) is 31.7. The van der Waals surface area contributed by atoms with Crippen LogP contribution < -0.4 is 30.3 Å². The van der Waals surface area contributed by atoms with E-state index in [1.807, 2.05) is 0 Å². The van der Waals surface area contributed by atoms with E-state index in [1.54, 1.807) is 0 Å². The van der Waals surface area contributed by atoms with Crippen molar-refractivity contribution in [3.8, 4) is 16.9 Å². The lowest BCUT2D eigenvalue weighted by atomic mass is 9.50. The molecule has 0 aromatic heterocycles. The molecular weight excluding hydrogens is 789 g/mol. The highest BCUT2D eigenvalue weighted by molar-refractivity contribution is 6.83.